The van der Waals surface area contributed by atoms with E-state index in [1.807, 2.05) is 47.6 Å². The van der Waals surface area contributed by atoms with Crippen LogP contribution >= 0.6 is 0 Å². The first-order chi connectivity index (χ1) is 10.5. The molecule has 0 radical (unpaired) electrons. The van der Waals surface area contributed by atoms with Crippen molar-refractivity contribution in [2.24, 2.45) is 0 Å². The Labute approximate surface area is 139 Å². The summed E-state index contributed by atoms with van der Waals surface area (Å²) in [6.07, 6.45) is 1.40. The van der Waals surface area contributed by atoms with Gasteiger partial charge in [-0.1, -0.05) is 0 Å². The minimum Gasteiger partial charge on any atom is -0.481 e. The Morgan fingerprint density at radius 3 is 2.30 bits per heavy atom. The van der Waals surface area contributed by atoms with Crippen LogP contribution in [0.1, 0.15) is 41.5 Å². The molecule has 0 atom stereocenters. The molecule has 0 saturated carbocycles. The summed E-state index contributed by atoms with van der Waals surface area (Å²) in [5.41, 5.74) is 0.0552. The van der Waals surface area contributed by atoms with Crippen molar-refractivity contribution in [3.8, 4) is 5.88 Å². The van der Waals surface area contributed by atoms with E-state index < -0.39 is 5.60 Å². The Hall–Kier alpha value is -1.98. The number of carbonyl (C=O) groups is 1. The summed E-state index contributed by atoms with van der Waals surface area (Å²) in [6.45, 7) is 12.7. The molecule has 1 rings (SSSR count). The van der Waals surface area contributed by atoms with Crippen LogP contribution in [0.2, 0.25) is 0 Å². The predicted molar refractivity (Wildman–Crippen MR) is 92.0 cm³/mol. The number of carbonyl (C=O) groups excluding carboxylic acids is 1. The Kier molecular flexibility index (Phi) is 6.24. The van der Waals surface area contributed by atoms with E-state index in [0.717, 1.165) is 5.69 Å². The van der Waals surface area contributed by atoms with Gasteiger partial charge >= 0.3 is 6.09 Å². The third-order valence-corrected chi connectivity index (χ3v) is 3.03. The standard InChI is InChI=1S/C17H29N3O3/c1-16(2,3)20(15(21)23-17(4,5)6)11-10-18-13-8-9-14(22-7)19-12-13/h8-9,12,18H,10-11H2,1-7H3. The fraction of sp³-hybridized carbons (Fsp3) is 0.647. The summed E-state index contributed by atoms with van der Waals surface area (Å²) in [6, 6.07) is 3.68. The van der Waals surface area contributed by atoms with Gasteiger partial charge in [0.15, 0.2) is 0 Å². The molecule has 0 saturated heterocycles. The highest BCUT2D eigenvalue weighted by Crippen LogP contribution is 2.18. The van der Waals surface area contributed by atoms with Crippen LogP contribution < -0.4 is 10.1 Å². The van der Waals surface area contributed by atoms with E-state index in [1.54, 1.807) is 24.3 Å². The van der Waals surface area contributed by atoms with E-state index in [2.05, 4.69) is 10.3 Å². The number of ether oxygens (including phenoxy) is 2. The molecule has 0 aliphatic carbocycles. The Balaban J connectivity index is 2.62. The molecule has 1 aromatic rings. The molecule has 6 heteroatoms. The van der Waals surface area contributed by atoms with Gasteiger partial charge in [0.05, 0.1) is 19.0 Å². The van der Waals surface area contributed by atoms with E-state index in [4.69, 9.17) is 9.47 Å². The molecule has 0 spiro atoms. The molecule has 1 N–H and O–H groups in total. The predicted octanol–water partition coefficient (Wildman–Crippen LogP) is 3.54. The molecule has 130 valence electrons. The first-order valence-electron chi connectivity index (χ1n) is 7.77. The maximum absolute atomic E-state index is 12.4. The maximum atomic E-state index is 12.4. The molecule has 1 heterocycles. The average Bonchev–Trinajstić information content (AvgIpc) is 2.40. The molecule has 23 heavy (non-hydrogen) atoms. The first-order valence-corrected chi connectivity index (χ1v) is 7.77. The van der Waals surface area contributed by atoms with E-state index in [-0.39, 0.29) is 11.6 Å². The number of nitrogens with one attached hydrogen (secondary N) is 1. The van der Waals surface area contributed by atoms with Gasteiger partial charge in [0.2, 0.25) is 5.88 Å². The summed E-state index contributed by atoms with van der Waals surface area (Å²) in [5.74, 6) is 0.570. The van der Waals surface area contributed by atoms with Gasteiger partial charge in [-0.15, -0.1) is 0 Å². The number of nitrogens with zero attached hydrogens (tertiary/aromatic N) is 2. The number of hydrogen-bond acceptors (Lipinski definition) is 5. The molecule has 0 bridgehead atoms. The lowest BCUT2D eigenvalue weighted by atomic mass is 10.1. The van der Waals surface area contributed by atoms with Crippen LogP contribution in [0.3, 0.4) is 0 Å². The highest BCUT2D eigenvalue weighted by Gasteiger charge is 2.30. The van der Waals surface area contributed by atoms with Crippen LogP contribution in [0.15, 0.2) is 18.3 Å². The number of pyridine rings is 1. The van der Waals surface area contributed by atoms with Crippen LogP contribution in [0, 0.1) is 0 Å². The van der Waals surface area contributed by atoms with Crippen molar-refractivity contribution in [2.75, 3.05) is 25.5 Å². The normalized spacial score (nSPS) is 11.8. The zero-order chi connectivity index (χ0) is 17.7. The third-order valence-electron chi connectivity index (χ3n) is 3.03. The molecule has 0 fully saturated rings. The van der Waals surface area contributed by atoms with Crippen LogP contribution in [0.25, 0.3) is 0 Å². The van der Waals surface area contributed by atoms with Crippen molar-refractivity contribution < 1.29 is 14.3 Å². The van der Waals surface area contributed by atoms with Gasteiger partial charge in [-0.25, -0.2) is 9.78 Å². The monoisotopic (exact) mass is 323 g/mol. The third kappa shape index (κ3) is 6.76. The SMILES string of the molecule is COc1ccc(NCCN(C(=O)OC(C)(C)C)C(C)(C)C)cn1. The number of aromatic nitrogens is 1. The van der Waals surface area contributed by atoms with E-state index in [9.17, 15) is 4.79 Å². The molecule has 0 aromatic carbocycles. The smallest absolute Gasteiger partial charge is 0.410 e. The highest BCUT2D eigenvalue weighted by atomic mass is 16.6. The summed E-state index contributed by atoms with van der Waals surface area (Å²) in [5, 5.41) is 3.25. The van der Waals surface area contributed by atoms with Crippen molar-refractivity contribution >= 4 is 11.8 Å². The van der Waals surface area contributed by atoms with Crippen molar-refractivity contribution in [2.45, 2.75) is 52.7 Å². The van der Waals surface area contributed by atoms with Gasteiger partial charge < -0.3 is 19.7 Å². The van der Waals surface area contributed by atoms with Crippen molar-refractivity contribution in [1.82, 2.24) is 9.88 Å². The van der Waals surface area contributed by atoms with Crippen molar-refractivity contribution in [1.29, 1.82) is 0 Å². The van der Waals surface area contributed by atoms with Gasteiger partial charge in [0, 0.05) is 24.7 Å². The van der Waals surface area contributed by atoms with Gasteiger partial charge in [-0.2, -0.15) is 0 Å². The number of rotatable bonds is 5. The second-order valence-electron chi connectivity index (χ2n) is 7.32. The average molecular weight is 323 g/mol. The number of hydrogen-bond donors (Lipinski definition) is 1. The second kappa shape index (κ2) is 7.53. The fourth-order valence-electron chi connectivity index (χ4n) is 1.94. The molecule has 6 nitrogen and oxygen atoms in total. The largest absolute Gasteiger partial charge is 0.481 e. The molecule has 0 aliphatic rings. The van der Waals surface area contributed by atoms with E-state index >= 15 is 0 Å². The molecular weight excluding hydrogens is 294 g/mol. The molecule has 0 unspecified atom stereocenters. The van der Waals surface area contributed by atoms with Crippen LogP contribution in [-0.2, 0) is 4.74 Å². The van der Waals surface area contributed by atoms with E-state index in [0.29, 0.717) is 19.0 Å². The zero-order valence-electron chi connectivity index (χ0n) is 15.3. The Morgan fingerprint density at radius 1 is 1.22 bits per heavy atom. The van der Waals surface area contributed by atoms with Gasteiger partial charge in [0.25, 0.3) is 0 Å². The molecule has 1 aromatic heterocycles. The number of methoxy groups -OCH3 is 1. The van der Waals surface area contributed by atoms with Crippen LogP contribution in [0.4, 0.5) is 10.5 Å². The van der Waals surface area contributed by atoms with Gasteiger partial charge in [-0.3, -0.25) is 0 Å². The lowest BCUT2D eigenvalue weighted by molar-refractivity contribution is 0.00749. The lowest BCUT2D eigenvalue weighted by Crippen LogP contribution is -2.49. The van der Waals surface area contributed by atoms with Crippen molar-refractivity contribution in [3.05, 3.63) is 18.3 Å². The molecular formula is C17H29N3O3. The minimum absolute atomic E-state index is 0.306. The summed E-state index contributed by atoms with van der Waals surface area (Å²) in [7, 11) is 1.58. The number of amides is 1. The zero-order valence-corrected chi connectivity index (χ0v) is 15.3. The fourth-order valence-corrected chi connectivity index (χ4v) is 1.94. The Bertz CT molecular complexity index is 501. The topological polar surface area (TPSA) is 63.7 Å². The summed E-state index contributed by atoms with van der Waals surface area (Å²) < 4.78 is 10.5. The van der Waals surface area contributed by atoms with Crippen LogP contribution in [-0.4, -0.2) is 47.3 Å². The maximum Gasteiger partial charge on any atom is 0.410 e. The molecule has 1 amide bonds. The minimum atomic E-state index is -0.506. The van der Waals surface area contributed by atoms with Gasteiger partial charge in [-0.05, 0) is 47.6 Å². The highest BCUT2D eigenvalue weighted by molar-refractivity contribution is 5.69. The van der Waals surface area contributed by atoms with Crippen molar-refractivity contribution in [3.63, 3.8) is 0 Å². The molecule has 0 aliphatic heterocycles. The quantitative estimate of drug-likeness (QED) is 0.898. The number of anilines is 1. The summed E-state index contributed by atoms with van der Waals surface area (Å²) >= 11 is 0. The Morgan fingerprint density at radius 2 is 1.87 bits per heavy atom. The van der Waals surface area contributed by atoms with E-state index in [1.165, 1.54) is 0 Å². The first kappa shape index (κ1) is 19.1. The van der Waals surface area contributed by atoms with Gasteiger partial charge in [0.1, 0.15) is 5.60 Å². The summed E-state index contributed by atoms with van der Waals surface area (Å²) in [4.78, 5) is 18.2. The second-order valence-corrected chi connectivity index (χ2v) is 7.32. The van der Waals surface area contributed by atoms with Crippen LogP contribution in [0.5, 0.6) is 5.88 Å². The lowest BCUT2D eigenvalue weighted by Gasteiger charge is -2.37.